The van der Waals surface area contributed by atoms with E-state index in [0.29, 0.717) is 0 Å². The number of nitrogens with zero attached hydrogens (tertiary/aromatic N) is 1. The highest BCUT2D eigenvalue weighted by atomic mass is 16.4. The quantitative estimate of drug-likeness (QED) is 0.682. The maximum Gasteiger partial charge on any atom is 0.196 e. The van der Waals surface area contributed by atoms with Crippen LogP contribution in [0, 0.1) is 0 Å². The van der Waals surface area contributed by atoms with Gasteiger partial charge in [-0.2, -0.15) is 0 Å². The van der Waals surface area contributed by atoms with Crippen LogP contribution in [-0.2, 0) is 0 Å². The van der Waals surface area contributed by atoms with Gasteiger partial charge in [0.05, 0.1) is 0 Å². The van der Waals surface area contributed by atoms with Crippen LogP contribution in [0.25, 0.3) is 11.0 Å². The lowest BCUT2D eigenvalue weighted by molar-refractivity contribution is 0.599. The smallest absolute Gasteiger partial charge is 0.196 e. The van der Waals surface area contributed by atoms with Crippen LogP contribution < -0.4 is 4.90 Å². The molecule has 0 radical (unpaired) electrons. The SMILES string of the molecule is c1ccc2oc(N3CCCC3)cc2c1. The molecule has 14 heavy (non-hydrogen) atoms. The first-order valence-corrected chi connectivity index (χ1v) is 5.17. The fraction of sp³-hybridized carbons (Fsp3) is 0.333. The molecular weight excluding hydrogens is 174 g/mol. The zero-order valence-corrected chi connectivity index (χ0v) is 8.07. The van der Waals surface area contributed by atoms with Gasteiger partial charge in [-0.15, -0.1) is 0 Å². The van der Waals surface area contributed by atoms with Crippen LogP contribution in [0.3, 0.4) is 0 Å². The molecule has 72 valence electrons. The summed E-state index contributed by atoms with van der Waals surface area (Å²) in [6.45, 7) is 2.28. The first-order valence-electron chi connectivity index (χ1n) is 5.17. The lowest BCUT2D eigenvalue weighted by Gasteiger charge is -2.12. The van der Waals surface area contributed by atoms with E-state index >= 15 is 0 Å². The van der Waals surface area contributed by atoms with Gasteiger partial charge in [-0.3, -0.25) is 0 Å². The third-order valence-corrected chi connectivity index (χ3v) is 2.83. The summed E-state index contributed by atoms with van der Waals surface area (Å²) >= 11 is 0. The number of anilines is 1. The summed E-state index contributed by atoms with van der Waals surface area (Å²) in [5.74, 6) is 1.03. The summed E-state index contributed by atoms with van der Waals surface area (Å²) in [7, 11) is 0. The van der Waals surface area contributed by atoms with Crippen LogP contribution in [0.2, 0.25) is 0 Å². The topological polar surface area (TPSA) is 16.4 Å². The molecule has 0 saturated carbocycles. The molecule has 2 aromatic rings. The Labute approximate surface area is 83.1 Å². The van der Waals surface area contributed by atoms with Crippen molar-refractivity contribution in [2.75, 3.05) is 18.0 Å². The van der Waals surface area contributed by atoms with E-state index in [4.69, 9.17) is 4.42 Å². The molecule has 0 spiro atoms. The van der Waals surface area contributed by atoms with Crippen LogP contribution in [0.1, 0.15) is 12.8 Å². The highest BCUT2D eigenvalue weighted by Gasteiger charge is 2.15. The monoisotopic (exact) mass is 187 g/mol. The minimum Gasteiger partial charge on any atom is -0.441 e. The van der Waals surface area contributed by atoms with Crippen molar-refractivity contribution in [3.8, 4) is 0 Å². The molecule has 0 N–H and O–H groups in total. The van der Waals surface area contributed by atoms with Crippen molar-refractivity contribution in [2.45, 2.75) is 12.8 Å². The number of hydrogen-bond acceptors (Lipinski definition) is 2. The lowest BCUT2D eigenvalue weighted by atomic mass is 10.3. The van der Waals surface area contributed by atoms with E-state index in [1.165, 1.54) is 18.2 Å². The zero-order chi connectivity index (χ0) is 9.38. The predicted molar refractivity (Wildman–Crippen MR) is 57.7 cm³/mol. The zero-order valence-electron chi connectivity index (χ0n) is 8.07. The van der Waals surface area contributed by atoms with Gasteiger partial charge in [0, 0.05) is 24.5 Å². The third kappa shape index (κ3) is 1.18. The van der Waals surface area contributed by atoms with Gasteiger partial charge >= 0.3 is 0 Å². The van der Waals surface area contributed by atoms with E-state index < -0.39 is 0 Å². The number of furan rings is 1. The van der Waals surface area contributed by atoms with Crippen LogP contribution >= 0.6 is 0 Å². The van der Waals surface area contributed by atoms with Crippen molar-refractivity contribution in [3.05, 3.63) is 30.3 Å². The molecule has 0 atom stereocenters. The molecule has 0 aliphatic carbocycles. The van der Waals surface area contributed by atoms with Gasteiger partial charge in [-0.1, -0.05) is 18.2 Å². The largest absolute Gasteiger partial charge is 0.441 e. The molecule has 0 unspecified atom stereocenters. The van der Waals surface area contributed by atoms with Gasteiger partial charge in [-0.05, 0) is 18.9 Å². The summed E-state index contributed by atoms with van der Waals surface area (Å²) in [6.07, 6.45) is 2.58. The molecule has 0 amide bonds. The lowest BCUT2D eigenvalue weighted by Crippen LogP contribution is -2.16. The molecule has 2 nitrogen and oxygen atoms in total. The van der Waals surface area contributed by atoms with Gasteiger partial charge in [0.25, 0.3) is 0 Å². The van der Waals surface area contributed by atoms with Crippen molar-refractivity contribution < 1.29 is 4.42 Å². The van der Waals surface area contributed by atoms with Crippen LogP contribution in [0.5, 0.6) is 0 Å². The molecule has 1 aliphatic heterocycles. The molecule has 1 aromatic heterocycles. The van der Waals surface area contributed by atoms with Gasteiger partial charge in [0.2, 0.25) is 0 Å². The maximum atomic E-state index is 5.78. The van der Waals surface area contributed by atoms with E-state index in [0.717, 1.165) is 24.6 Å². The second kappa shape index (κ2) is 3.05. The van der Waals surface area contributed by atoms with Gasteiger partial charge in [0.15, 0.2) is 5.88 Å². The Hall–Kier alpha value is -1.44. The second-order valence-electron chi connectivity index (χ2n) is 3.82. The number of rotatable bonds is 1. The first-order chi connectivity index (χ1) is 6.93. The molecular formula is C12H13NO. The molecule has 3 rings (SSSR count). The summed E-state index contributed by atoms with van der Waals surface area (Å²) < 4.78 is 5.78. The van der Waals surface area contributed by atoms with Crippen molar-refractivity contribution in [1.29, 1.82) is 0 Å². The number of fused-ring (bicyclic) bond motifs is 1. The van der Waals surface area contributed by atoms with Gasteiger partial charge in [0.1, 0.15) is 5.58 Å². The van der Waals surface area contributed by atoms with Crippen LogP contribution in [-0.4, -0.2) is 13.1 Å². The van der Waals surface area contributed by atoms with E-state index in [1.807, 2.05) is 18.2 Å². The van der Waals surface area contributed by atoms with Crippen molar-refractivity contribution in [1.82, 2.24) is 0 Å². The fourth-order valence-corrected chi connectivity index (χ4v) is 2.06. The Kier molecular flexibility index (Phi) is 1.72. The molecule has 2 heteroatoms. The Morgan fingerprint density at radius 3 is 2.64 bits per heavy atom. The standard InChI is InChI=1S/C12H13NO/c1-2-6-11-10(5-1)9-12(14-11)13-7-3-4-8-13/h1-2,5-6,9H,3-4,7-8H2. The summed E-state index contributed by atoms with van der Waals surface area (Å²) in [6, 6.07) is 10.3. The van der Waals surface area contributed by atoms with E-state index in [2.05, 4.69) is 17.0 Å². The molecule has 1 saturated heterocycles. The Morgan fingerprint density at radius 1 is 1.07 bits per heavy atom. The molecule has 1 fully saturated rings. The third-order valence-electron chi connectivity index (χ3n) is 2.83. The minimum absolute atomic E-state index is 0.995. The van der Waals surface area contributed by atoms with Crippen molar-refractivity contribution >= 4 is 16.9 Å². The average Bonchev–Trinajstić information content (AvgIpc) is 2.86. The summed E-state index contributed by atoms with van der Waals surface area (Å²) in [5, 5.41) is 1.20. The van der Waals surface area contributed by atoms with Crippen molar-refractivity contribution in [3.63, 3.8) is 0 Å². The highest BCUT2D eigenvalue weighted by molar-refractivity contribution is 5.80. The number of hydrogen-bond donors (Lipinski definition) is 0. The maximum absolute atomic E-state index is 5.78. The van der Waals surface area contributed by atoms with Gasteiger partial charge in [-0.25, -0.2) is 0 Å². The Bertz CT molecular complexity index is 407. The van der Waals surface area contributed by atoms with Crippen molar-refractivity contribution in [2.24, 2.45) is 0 Å². The number of para-hydroxylation sites is 1. The van der Waals surface area contributed by atoms with E-state index in [9.17, 15) is 0 Å². The highest BCUT2D eigenvalue weighted by Crippen LogP contribution is 2.27. The summed E-state index contributed by atoms with van der Waals surface area (Å²) in [4.78, 5) is 2.32. The molecule has 2 heterocycles. The minimum atomic E-state index is 0.995. The fourth-order valence-electron chi connectivity index (χ4n) is 2.06. The van der Waals surface area contributed by atoms with E-state index in [1.54, 1.807) is 0 Å². The van der Waals surface area contributed by atoms with E-state index in [-0.39, 0.29) is 0 Å². The molecule has 0 bridgehead atoms. The summed E-state index contributed by atoms with van der Waals surface area (Å²) in [5.41, 5.74) is 0.995. The van der Waals surface area contributed by atoms with Crippen LogP contribution in [0.15, 0.2) is 34.7 Å². The average molecular weight is 187 g/mol. The Morgan fingerprint density at radius 2 is 1.86 bits per heavy atom. The predicted octanol–water partition coefficient (Wildman–Crippen LogP) is 3.03. The molecule has 1 aromatic carbocycles. The molecule has 1 aliphatic rings. The first kappa shape index (κ1) is 7.92. The Balaban J connectivity index is 2.05. The van der Waals surface area contributed by atoms with Gasteiger partial charge < -0.3 is 9.32 Å². The number of benzene rings is 1. The normalized spacial score (nSPS) is 16.7. The second-order valence-corrected chi connectivity index (χ2v) is 3.82. The van der Waals surface area contributed by atoms with Crippen LogP contribution in [0.4, 0.5) is 5.88 Å².